The highest BCUT2D eigenvalue weighted by Crippen LogP contribution is 2.23. The number of ether oxygens (including phenoxy) is 2. The summed E-state index contributed by atoms with van der Waals surface area (Å²) in [5, 5.41) is 3.57. The Balaban J connectivity index is 1.93. The second-order valence-electron chi connectivity index (χ2n) is 5.69. The lowest BCUT2D eigenvalue weighted by Gasteiger charge is -2.23. The molecule has 0 spiro atoms. The maximum atomic E-state index is 6.17. The fraction of sp³-hybridized carbons (Fsp3) is 0.647. The average Bonchev–Trinajstić information content (AvgIpc) is 3.26. The van der Waals surface area contributed by atoms with E-state index in [9.17, 15) is 0 Å². The summed E-state index contributed by atoms with van der Waals surface area (Å²) in [5.74, 6) is 0. The van der Waals surface area contributed by atoms with E-state index in [0.29, 0.717) is 12.6 Å². The molecule has 1 aliphatic rings. The molecule has 0 aliphatic heterocycles. The summed E-state index contributed by atoms with van der Waals surface area (Å²) in [6.07, 6.45) is 2.82. The van der Waals surface area contributed by atoms with Gasteiger partial charge in [-0.25, -0.2) is 0 Å². The predicted molar refractivity (Wildman–Crippen MR) is 82.0 cm³/mol. The summed E-state index contributed by atoms with van der Waals surface area (Å²) >= 11 is 0. The number of benzene rings is 1. The van der Waals surface area contributed by atoms with Crippen molar-refractivity contribution >= 4 is 0 Å². The summed E-state index contributed by atoms with van der Waals surface area (Å²) in [7, 11) is 0. The molecule has 0 amide bonds. The Hall–Kier alpha value is -0.900. The van der Waals surface area contributed by atoms with Crippen molar-refractivity contribution in [2.24, 2.45) is 0 Å². The van der Waals surface area contributed by atoms with Crippen LogP contribution in [0.3, 0.4) is 0 Å². The van der Waals surface area contributed by atoms with Crippen LogP contribution in [0.25, 0.3) is 0 Å². The Kier molecular flexibility index (Phi) is 6.02. The summed E-state index contributed by atoms with van der Waals surface area (Å²) in [6.45, 7) is 8.47. The van der Waals surface area contributed by atoms with Crippen molar-refractivity contribution in [2.45, 2.75) is 51.9 Å². The fourth-order valence-electron chi connectivity index (χ4n) is 2.19. The van der Waals surface area contributed by atoms with Crippen LogP contribution in [-0.2, 0) is 9.47 Å². The lowest BCUT2D eigenvalue weighted by molar-refractivity contribution is -0.0471. The van der Waals surface area contributed by atoms with Crippen molar-refractivity contribution in [2.75, 3.05) is 19.8 Å². The third kappa shape index (κ3) is 5.23. The van der Waals surface area contributed by atoms with Gasteiger partial charge in [-0.3, -0.25) is 0 Å². The zero-order valence-corrected chi connectivity index (χ0v) is 12.9. The number of hydrogen-bond acceptors (Lipinski definition) is 3. The van der Waals surface area contributed by atoms with Gasteiger partial charge in [-0.15, -0.1) is 0 Å². The van der Waals surface area contributed by atoms with Crippen LogP contribution in [0.4, 0.5) is 0 Å². The van der Waals surface area contributed by atoms with E-state index in [1.807, 2.05) is 6.92 Å². The zero-order valence-electron chi connectivity index (χ0n) is 12.9. The maximum Gasteiger partial charge on any atom is 0.0954 e. The molecule has 0 saturated heterocycles. The van der Waals surface area contributed by atoms with Crippen molar-refractivity contribution in [1.82, 2.24) is 5.32 Å². The standard InChI is InChI=1S/C17H27NO2/c1-4-19-12-14(3)20-17(11-18-16-9-10-16)15-7-5-13(2)6-8-15/h5-8,14,16-18H,4,9-12H2,1-3H3. The van der Waals surface area contributed by atoms with Gasteiger partial charge in [0.15, 0.2) is 0 Å². The Morgan fingerprint density at radius 3 is 2.55 bits per heavy atom. The van der Waals surface area contributed by atoms with Crippen LogP contribution in [0.2, 0.25) is 0 Å². The number of rotatable bonds is 9. The van der Waals surface area contributed by atoms with Crippen molar-refractivity contribution in [3.05, 3.63) is 35.4 Å². The Bertz CT molecular complexity index is 386. The lowest BCUT2D eigenvalue weighted by Crippen LogP contribution is -2.29. The lowest BCUT2D eigenvalue weighted by atomic mass is 10.1. The Labute approximate surface area is 122 Å². The second kappa shape index (κ2) is 7.77. The van der Waals surface area contributed by atoms with E-state index >= 15 is 0 Å². The highest BCUT2D eigenvalue weighted by atomic mass is 16.5. The molecule has 0 aromatic heterocycles. The zero-order chi connectivity index (χ0) is 14.4. The maximum absolute atomic E-state index is 6.17. The van der Waals surface area contributed by atoms with Crippen molar-refractivity contribution in [3.8, 4) is 0 Å². The molecular formula is C17H27NO2. The number of nitrogens with one attached hydrogen (secondary N) is 1. The van der Waals surface area contributed by atoms with Crippen molar-refractivity contribution in [3.63, 3.8) is 0 Å². The topological polar surface area (TPSA) is 30.5 Å². The first-order valence-electron chi connectivity index (χ1n) is 7.72. The molecule has 3 nitrogen and oxygen atoms in total. The predicted octanol–water partition coefficient (Wildman–Crippen LogP) is 3.23. The van der Waals surface area contributed by atoms with Gasteiger partial charge in [0.25, 0.3) is 0 Å². The summed E-state index contributed by atoms with van der Waals surface area (Å²) in [5.41, 5.74) is 2.53. The van der Waals surface area contributed by atoms with Crippen molar-refractivity contribution < 1.29 is 9.47 Å². The molecule has 2 unspecified atom stereocenters. The molecule has 1 fully saturated rings. The molecule has 112 valence electrons. The molecule has 1 saturated carbocycles. The first-order valence-corrected chi connectivity index (χ1v) is 7.72. The van der Waals surface area contributed by atoms with Crippen LogP contribution >= 0.6 is 0 Å². The van der Waals surface area contributed by atoms with Crippen LogP contribution in [-0.4, -0.2) is 31.9 Å². The summed E-state index contributed by atoms with van der Waals surface area (Å²) in [6, 6.07) is 9.34. The van der Waals surface area contributed by atoms with Gasteiger partial charge in [-0.1, -0.05) is 29.8 Å². The minimum Gasteiger partial charge on any atom is -0.379 e. The van der Waals surface area contributed by atoms with E-state index in [4.69, 9.17) is 9.47 Å². The number of aryl methyl sites for hydroxylation is 1. The van der Waals surface area contributed by atoms with E-state index in [1.165, 1.54) is 24.0 Å². The molecule has 2 rings (SSSR count). The summed E-state index contributed by atoms with van der Waals surface area (Å²) < 4.78 is 11.6. The first kappa shape index (κ1) is 15.5. The Morgan fingerprint density at radius 1 is 1.25 bits per heavy atom. The molecule has 1 aliphatic carbocycles. The van der Waals surface area contributed by atoms with E-state index in [0.717, 1.165) is 13.2 Å². The van der Waals surface area contributed by atoms with Crippen LogP contribution in [0, 0.1) is 6.92 Å². The summed E-state index contributed by atoms with van der Waals surface area (Å²) in [4.78, 5) is 0. The van der Waals surface area contributed by atoms with E-state index in [-0.39, 0.29) is 12.2 Å². The fourth-order valence-corrected chi connectivity index (χ4v) is 2.19. The van der Waals surface area contributed by atoms with E-state index < -0.39 is 0 Å². The van der Waals surface area contributed by atoms with Gasteiger partial charge in [-0.05, 0) is 39.2 Å². The average molecular weight is 277 g/mol. The van der Waals surface area contributed by atoms with Gasteiger partial charge < -0.3 is 14.8 Å². The molecule has 0 heterocycles. The minimum atomic E-state index is 0.103. The largest absolute Gasteiger partial charge is 0.379 e. The highest BCUT2D eigenvalue weighted by molar-refractivity contribution is 5.23. The van der Waals surface area contributed by atoms with Crippen LogP contribution in [0.15, 0.2) is 24.3 Å². The third-order valence-electron chi connectivity index (χ3n) is 3.57. The second-order valence-corrected chi connectivity index (χ2v) is 5.69. The third-order valence-corrected chi connectivity index (χ3v) is 3.57. The van der Waals surface area contributed by atoms with Gasteiger partial charge in [-0.2, -0.15) is 0 Å². The van der Waals surface area contributed by atoms with Gasteiger partial charge in [0, 0.05) is 19.2 Å². The van der Waals surface area contributed by atoms with Crippen molar-refractivity contribution in [1.29, 1.82) is 0 Å². The normalized spacial score (nSPS) is 17.9. The molecule has 1 N–H and O–H groups in total. The molecule has 20 heavy (non-hydrogen) atoms. The minimum absolute atomic E-state index is 0.103. The molecule has 3 heteroatoms. The van der Waals surface area contributed by atoms with Gasteiger partial charge in [0.2, 0.25) is 0 Å². The monoisotopic (exact) mass is 277 g/mol. The highest BCUT2D eigenvalue weighted by Gasteiger charge is 2.23. The van der Waals surface area contributed by atoms with E-state index in [1.54, 1.807) is 0 Å². The molecule has 1 aromatic rings. The number of hydrogen-bond donors (Lipinski definition) is 1. The van der Waals surface area contributed by atoms with Crippen LogP contribution < -0.4 is 5.32 Å². The van der Waals surface area contributed by atoms with Crippen LogP contribution in [0.5, 0.6) is 0 Å². The van der Waals surface area contributed by atoms with E-state index in [2.05, 4.69) is 43.4 Å². The van der Waals surface area contributed by atoms with Crippen LogP contribution in [0.1, 0.15) is 43.9 Å². The Morgan fingerprint density at radius 2 is 1.95 bits per heavy atom. The molecule has 2 atom stereocenters. The molecule has 0 bridgehead atoms. The first-order chi connectivity index (χ1) is 9.69. The molecule has 1 aromatic carbocycles. The quantitative estimate of drug-likeness (QED) is 0.751. The SMILES string of the molecule is CCOCC(C)OC(CNC1CC1)c1ccc(C)cc1. The van der Waals surface area contributed by atoms with Gasteiger partial charge >= 0.3 is 0 Å². The smallest absolute Gasteiger partial charge is 0.0954 e. The van der Waals surface area contributed by atoms with Gasteiger partial charge in [0.1, 0.15) is 0 Å². The molecular weight excluding hydrogens is 250 g/mol. The molecule has 0 radical (unpaired) electrons. The van der Waals surface area contributed by atoms with Gasteiger partial charge in [0.05, 0.1) is 18.8 Å².